The van der Waals surface area contributed by atoms with E-state index in [-0.39, 0.29) is 0 Å². The van der Waals surface area contributed by atoms with Crippen LogP contribution in [0.15, 0.2) is 235 Å². The third-order valence-electron chi connectivity index (χ3n) is 11.7. The zero-order valence-electron chi connectivity index (χ0n) is 32.3. The van der Waals surface area contributed by atoms with E-state index in [1.165, 1.54) is 66.4 Å². The van der Waals surface area contributed by atoms with Crippen LogP contribution in [0.25, 0.3) is 111 Å². The van der Waals surface area contributed by atoms with Crippen molar-refractivity contribution in [3.63, 3.8) is 0 Å². The second-order valence-electron chi connectivity index (χ2n) is 15.3. The number of benzene rings is 10. The molecular weight excluding hydrogens is 713 g/mol. The normalized spacial score (nSPS) is 11.4. The summed E-state index contributed by atoms with van der Waals surface area (Å²) in [5.74, 6) is 0. The Morgan fingerprint density at radius 1 is 0.203 bits per heavy atom. The fraction of sp³-hybridized carbons (Fsp3) is 0. The Hall–Kier alpha value is -7.74. The standard InChI is InChI=1S/C58H38O/c1-2-11-39(12-3-1)46-15-6-18-49(35-46)50-19-7-16-47(36-50)41-25-30-43(31-26-41)53-21-9-23-55-56-24-10-22-54(58(56)59-57(53)55)44-32-27-42(28-33-44)48-17-8-20-51(37-48)52-34-29-40-13-4-5-14-45(40)38-52/h1-38H. The van der Waals surface area contributed by atoms with E-state index in [2.05, 4.69) is 231 Å². The van der Waals surface area contributed by atoms with Gasteiger partial charge in [0, 0.05) is 21.9 Å². The first-order valence-corrected chi connectivity index (χ1v) is 20.2. The highest BCUT2D eigenvalue weighted by molar-refractivity contribution is 6.13. The van der Waals surface area contributed by atoms with Gasteiger partial charge in [0.2, 0.25) is 0 Å². The maximum absolute atomic E-state index is 6.85. The molecule has 0 amide bonds. The van der Waals surface area contributed by atoms with Crippen molar-refractivity contribution in [2.24, 2.45) is 0 Å². The van der Waals surface area contributed by atoms with Crippen LogP contribution in [0.5, 0.6) is 0 Å². The summed E-state index contributed by atoms with van der Waals surface area (Å²) >= 11 is 0. The molecule has 11 rings (SSSR count). The lowest BCUT2D eigenvalue weighted by Gasteiger charge is -2.09. The molecule has 0 atom stereocenters. The minimum Gasteiger partial charge on any atom is -0.455 e. The lowest BCUT2D eigenvalue weighted by Crippen LogP contribution is -1.84. The van der Waals surface area contributed by atoms with Crippen molar-refractivity contribution in [2.45, 2.75) is 0 Å². The van der Waals surface area contributed by atoms with E-state index in [1.807, 2.05) is 0 Å². The lowest BCUT2D eigenvalue weighted by molar-refractivity contribution is 0.671. The SMILES string of the molecule is c1ccc(-c2cccc(-c3cccc(-c4ccc(-c5cccc6c5oc5c(-c7ccc(-c8cccc(-c9ccc%10ccccc%10c9)c8)cc7)cccc56)cc4)c3)c2)cc1. The summed E-state index contributed by atoms with van der Waals surface area (Å²) in [6.07, 6.45) is 0. The number of hydrogen-bond donors (Lipinski definition) is 0. The van der Waals surface area contributed by atoms with Gasteiger partial charge < -0.3 is 4.42 Å². The van der Waals surface area contributed by atoms with Gasteiger partial charge in [-0.1, -0.05) is 206 Å². The molecule has 0 bridgehead atoms. The topological polar surface area (TPSA) is 13.1 Å². The molecule has 0 saturated carbocycles. The van der Waals surface area contributed by atoms with E-state index >= 15 is 0 Å². The summed E-state index contributed by atoms with van der Waals surface area (Å²) in [5.41, 5.74) is 18.3. The molecule has 0 unspecified atom stereocenters. The minimum absolute atomic E-state index is 0.908. The number of rotatable bonds is 7. The molecule has 0 fully saturated rings. The van der Waals surface area contributed by atoms with Crippen LogP contribution in [0.2, 0.25) is 0 Å². The van der Waals surface area contributed by atoms with Crippen LogP contribution in [-0.4, -0.2) is 0 Å². The van der Waals surface area contributed by atoms with Crippen molar-refractivity contribution in [1.29, 1.82) is 0 Å². The average Bonchev–Trinajstić information content (AvgIpc) is 3.71. The third kappa shape index (κ3) is 6.49. The molecule has 0 spiro atoms. The highest BCUT2D eigenvalue weighted by Crippen LogP contribution is 2.41. The van der Waals surface area contributed by atoms with Crippen molar-refractivity contribution >= 4 is 32.7 Å². The van der Waals surface area contributed by atoms with Crippen LogP contribution in [0.4, 0.5) is 0 Å². The molecule has 1 heterocycles. The van der Waals surface area contributed by atoms with Gasteiger partial charge in [-0.15, -0.1) is 0 Å². The number of para-hydroxylation sites is 2. The second-order valence-corrected chi connectivity index (χ2v) is 15.3. The van der Waals surface area contributed by atoms with E-state index in [4.69, 9.17) is 4.42 Å². The molecule has 276 valence electrons. The fourth-order valence-electron chi connectivity index (χ4n) is 8.59. The maximum atomic E-state index is 6.85. The molecule has 0 N–H and O–H groups in total. The van der Waals surface area contributed by atoms with E-state index in [0.29, 0.717) is 0 Å². The van der Waals surface area contributed by atoms with Gasteiger partial charge >= 0.3 is 0 Å². The zero-order chi connectivity index (χ0) is 39.1. The summed E-state index contributed by atoms with van der Waals surface area (Å²) < 4.78 is 6.85. The van der Waals surface area contributed by atoms with Crippen molar-refractivity contribution in [2.75, 3.05) is 0 Å². The average molecular weight is 751 g/mol. The van der Waals surface area contributed by atoms with E-state index in [0.717, 1.165) is 44.2 Å². The second kappa shape index (κ2) is 14.6. The predicted octanol–water partition coefficient (Wildman–Crippen LogP) is 16.4. The Balaban J connectivity index is 0.882. The molecule has 0 aliphatic heterocycles. The van der Waals surface area contributed by atoms with Crippen LogP contribution in [0, 0.1) is 0 Å². The molecule has 0 saturated heterocycles. The summed E-state index contributed by atoms with van der Waals surface area (Å²) in [5, 5.41) is 4.75. The van der Waals surface area contributed by atoms with Gasteiger partial charge in [0.1, 0.15) is 11.2 Å². The molecule has 10 aromatic carbocycles. The van der Waals surface area contributed by atoms with Gasteiger partial charge in [0.15, 0.2) is 0 Å². The van der Waals surface area contributed by atoms with Gasteiger partial charge in [-0.05, 0) is 102 Å². The first-order chi connectivity index (χ1) is 29.2. The van der Waals surface area contributed by atoms with Crippen molar-refractivity contribution in [1.82, 2.24) is 0 Å². The van der Waals surface area contributed by atoms with Crippen molar-refractivity contribution in [3.05, 3.63) is 231 Å². The van der Waals surface area contributed by atoms with Gasteiger partial charge in [0.25, 0.3) is 0 Å². The van der Waals surface area contributed by atoms with Crippen LogP contribution in [0.1, 0.15) is 0 Å². The van der Waals surface area contributed by atoms with E-state index in [1.54, 1.807) is 0 Å². The predicted molar refractivity (Wildman–Crippen MR) is 249 cm³/mol. The monoisotopic (exact) mass is 750 g/mol. The zero-order valence-corrected chi connectivity index (χ0v) is 32.3. The van der Waals surface area contributed by atoms with Crippen LogP contribution in [0.3, 0.4) is 0 Å². The molecular formula is C58H38O. The smallest absolute Gasteiger partial charge is 0.143 e. The molecule has 11 aromatic rings. The van der Waals surface area contributed by atoms with E-state index < -0.39 is 0 Å². The van der Waals surface area contributed by atoms with E-state index in [9.17, 15) is 0 Å². The Morgan fingerprint density at radius 2 is 0.542 bits per heavy atom. The molecule has 59 heavy (non-hydrogen) atoms. The molecule has 0 aliphatic carbocycles. The summed E-state index contributed by atoms with van der Waals surface area (Å²) in [6, 6.07) is 82.9. The first kappa shape index (κ1) is 34.5. The highest BCUT2D eigenvalue weighted by atomic mass is 16.3. The van der Waals surface area contributed by atoms with Crippen molar-refractivity contribution < 1.29 is 4.42 Å². The van der Waals surface area contributed by atoms with Gasteiger partial charge in [-0.25, -0.2) is 0 Å². The highest BCUT2D eigenvalue weighted by Gasteiger charge is 2.16. The van der Waals surface area contributed by atoms with Gasteiger partial charge in [-0.3, -0.25) is 0 Å². The Kier molecular flexibility index (Phi) is 8.56. The Morgan fingerprint density at radius 3 is 1.03 bits per heavy atom. The summed E-state index contributed by atoms with van der Waals surface area (Å²) in [7, 11) is 0. The van der Waals surface area contributed by atoms with Gasteiger partial charge in [-0.2, -0.15) is 0 Å². The first-order valence-electron chi connectivity index (χ1n) is 20.2. The molecule has 0 radical (unpaired) electrons. The Labute approximate surface area is 344 Å². The number of hydrogen-bond acceptors (Lipinski definition) is 1. The van der Waals surface area contributed by atoms with Crippen LogP contribution >= 0.6 is 0 Å². The molecule has 0 aliphatic rings. The summed E-state index contributed by atoms with van der Waals surface area (Å²) in [6.45, 7) is 0. The third-order valence-corrected chi connectivity index (χ3v) is 11.7. The minimum atomic E-state index is 0.908. The molecule has 1 heteroatoms. The number of fused-ring (bicyclic) bond motifs is 4. The fourth-order valence-corrected chi connectivity index (χ4v) is 8.59. The van der Waals surface area contributed by atoms with Gasteiger partial charge in [0.05, 0.1) is 0 Å². The van der Waals surface area contributed by atoms with Crippen molar-refractivity contribution in [3.8, 4) is 77.9 Å². The molecule has 1 nitrogen and oxygen atoms in total. The lowest BCUT2D eigenvalue weighted by atomic mass is 9.95. The van der Waals surface area contributed by atoms with Crippen LogP contribution < -0.4 is 0 Å². The quantitative estimate of drug-likeness (QED) is 0.158. The Bertz CT molecular complexity index is 3300. The largest absolute Gasteiger partial charge is 0.455 e. The van der Waals surface area contributed by atoms with Crippen LogP contribution in [-0.2, 0) is 0 Å². The summed E-state index contributed by atoms with van der Waals surface area (Å²) in [4.78, 5) is 0. The number of furan rings is 1. The molecule has 1 aromatic heterocycles. The maximum Gasteiger partial charge on any atom is 0.143 e.